The van der Waals surface area contributed by atoms with Gasteiger partial charge in [-0.05, 0) is 65.0 Å². The SMILES string of the molecule is CC(OC(C)(C)C)[C@H]1CSC(=Nc2ccc([N+](=O)[O-])c3c2CCCC3)N1C. The van der Waals surface area contributed by atoms with E-state index in [4.69, 9.17) is 9.73 Å². The van der Waals surface area contributed by atoms with Gasteiger partial charge in [-0.3, -0.25) is 10.1 Å². The van der Waals surface area contributed by atoms with Crippen molar-refractivity contribution in [3.8, 4) is 0 Å². The van der Waals surface area contributed by atoms with Crippen molar-refractivity contribution in [2.45, 2.75) is 71.1 Å². The van der Waals surface area contributed by atoms with E-state index in [1.165, 1.54) is 0 Å². The zero-order chi connectivity index (χ0) is 19.8. The minimum atomic E-state index is -0.265. The quantitative estimate of drug-likeness (QED) is 0.549. The van der Waals surface area contributed by atoms with E-state index in [-0.39, 0.29) is 28.4 Å². The molecule has 0 radical (unpaired) electrons. The summed E-state index contributed by atoms with van der Waals surface area (Å²) >= 11 is 1.73. The number of hydrogen-bond acceptors (Lipinski definition) is 5. The second kappa shape index (κ2) is 7.80. The van der Waals surface area contributed by atoms with Crippen LogP contribution >= 0.6 is 11.8 Å². The molecular weight excluding hydrogens is 362 g/mol. The van der Waals surface area contributed by atoms with Gasteiger partial charge in [0.15, 0.2) is 5.17 Å². The molecule has 0 amide bonds. The van der Waals surface area contributed by atoms with E-state index in [1.54, 1.807) is 17.8 Å². The van der Waals surface area contributed by atoms with Crippen LogP contribution in [0.25, 0.3) is 0 Å². The standard InChI is InChI=1S/C20H29N3O3S/c1-13(26-20(2,3)4)18-12-27-19(22(18)5)21-16-10-11-17(23(24)25)15-9-7-6-8-14(15)16/h10-11,13,18H,6-9,12H2,1-5H3/t13?,18-/m1/s1. The highest BCUT2D eigenvalue weighted by molar-refractivity contribution is 8.14. The smallest absolute Gasteiger partial charge is 0.273 e. The van der Waals surface area contributed by atoms with Crippen LogP contribution in [0.3, 0.4) is 0 Å². The molecule has 6 nitrogen and oxygen atoms in total. The number of rotatable bonds is 4. The van der Waals surface area contributed by atoms with Crippen molar-refractivity contribution in [2.24, 2.45) is 4.99 Å². The molecule has 1 unspecified atom stereocenters. The maximum Gasteiger partial charge on any atom is 0.273 e. The van der Waals surface area contributed by atoms with E-state index in [2.05, 4.69) is 39.6 Å². The van der Waals surface area contributed by atoms with Crippen LogP contribution in [0.1, 0.15) is 51.7 Å². The average molecular weight is 392 g/mol. The predicted molar refractivity (Wildman–Crippen MR) is 111 cm³/mol. The number of benzene rings is 1. The van der Waals surface area contributed by atoms with Crippen molar-refractivity contribution in [3.63, 3.8) is 0 Å². The minimum Gasteiger partial charge on any atom is -0.371 e. The molecule has 0 aromatic heterocycles. The predicted octanol–water partition coefficient (Wildman–Crippen LogP) is 4.71. The number of fused-ring (bicyclic) bond motifs is 1. The summed E-state index contributed by atoms with van der Waals surface area (Å²) in [7, 11) is 2.06. The van der Waals surface area contributed by atoms with Gasteiger partial charge in [-0.2, -0.15) is 0 Å². The molecule has 1 aromatic carbocycles. The van der Waals surface area contributed by atoms with Crippen LogP contribution in [-0.2, 0) is 17.6 Å². The normalized spacial score (nSPS) is 22.8. The first-order chi connectivity index (χ1) is 12.7. The Balaban J connectivity index is 1.86. The molecule has 1 aliphatic carbocycles. The van der Waals surface area contributed by atoms with Crippen LogP contribution in [0.15, 0.2) is 17.1 Å². The highest BCUT2D eigenvalue weighted by Crippen LogP contribution is 2.38. The third kappa shape index (κ3) is 4.46. The first-order valence-electron chi connectivity index (χ1n) is 9.58. The molecule has 1 fully saturated rings. The Morgan fingerprint density at radius 3 is 2.59 bits per heavy atom. The first kappa shape index (κ1) is 20.1. The number of likely N-dealkylation sites (N-methyl/N-ethyl adjacent to an activating group) is 1. The third-order valence-corrected chi connectivity index (χ3v) is 6.31. The van der Waals surface area contributed by atoms with Gasteiger partial charge in [0.25, 0.3) is 5.69 Å². The lowest BCUT2D eigenvalue weighted by Gasteiger charge is -2.32. The molecule has 27 heavy (non-hydrogen) atoms. The van der Waals surface area contributed by atoms with Gasteiger partial charge in [-0.15, -0.1) is 0 Å². The van der Waals surface area contributed by atoms with Gasteiger partial charge in [0.2, 0.25) is 0 Å². The Morgan fingerprint density at radius 2 is 1.96 bits per heavy atom. The van der Waals surface area contributed by atoms with Gasteiger partial charge in [-0.1, -0.05) is 11.8 Å². The summed E-state index contributed by atoms with van der Waals surface area (Å²) in [6.07, 6.45) is 3.80. The molecule has 2 atom stereocenters. The van der Waals surface area contributed by atoms with Gasteiger partial charge in [0, 0.05) is 24.4 Å². The van der Waals surface area contributed by atoms with Crippen molar-refractivity contribution >= 4 is 28.3 Å². The molecule has 0 bridgehead atoms. The van der Waals surface area contributed by atoms with Crippen molar-refractivity contribution in [3.05, 3.63) is 33.4 Å². The summed E-state index contributed by atoms with van der Waals surface area (Å²) in [5, 5.41) is 12.3. The second-order valence-corrected chi connectivity index (χ2v) is 9.33. The second-order valence-electron chi connectivity index (χ2n) is 8.34. The molecule has 0 saturated carbocycles. The summed E-state index contributed by atoms with van der Waals surface area (Å²) in [6, 6.07) is 3.69. The molecule has 0 N–H and O–H groups in total. The first-order valence-corrected chi connectivity index (χ1v) is 10.6. The van der Waals surface area contributed by atoms with Gasteiger partial charge >= 0.3 is 0 Å². The fourth-order valence-corrected chi connectivity index (χ4v) is 5.24. The zero-order valence-corrected chi connectivity index (χ0v) is 17.6. The highest BCUT2D eigenvalue weighted by atomic mass is 32.2. The Hall–Kier alpha value is -1.60. The van der Waals surface area contributed by atoms with Crippen LogP contribution in [0.2, 0.25) is 0 Å². The largest absolute Gasteiger partial charge is 0.371 e. The molecule has 0 spiro atoms. The van der Waals surface area contributed by atoms with E-state index in [9.17, 15) is 10.1 Å². The Morgan fingerprint density at radius 1 is 1.30 bits per heavy atom. The zero-order valence-electron chi connectivity index (χ0n) is 16.8. The Kier molecular flexibility index (Phi) is 5.82. The molecule has 3 rings (SSSR count). The number of nitro benzene ring substituents is 1. The van der Waals surface area contributed by atoms with E-state index < -0.39 is 0 Å². The Labute approximate surface area is 165 Å². The van der Waals surface area contributed by atoms with E-state index in [1.807, 2.05) is 6.07 Å². The van der Waals surface area contributed by atoms with E-state index in [0.29, 0.717) is 0 Å². The molecule has 148 valence electrons. The Bertz CT molecular complexity index is 758. The minimum absolute atomic E-state index is 0.0981. The number of nitro groups is 1. The van der Waals surface area contributed by atoms with E-state index >= 15 is 0 Å². The molecule has 2 aliphatic rings. The van der Waals surface area contributed by atoms with Crippen molar-refractivity contribution in [1.82, 2.24) is 4.90 Å². The van der Waals surface area contributed by atoms with Crippen molar-refractivity contribution in [2.75, 3.05) is 12.8 Å². The molecule has 1 saturated heterocycles. The van der Waals surface area contributed by atoms with Gasteiger partial charge in [-0.25, -0.2) is 4.99 Å². The fourth-order valence-electron chi connectivity index (χ4n) is 3.92. The highest BCUT2D eigenvalue weighted by Gasteiger charge is 2.34. The van der Waals surface area contributed by atoms with Crippen LogP contribution in [0.4, 0.5) is 11.4 Å². The lowest BCUT2D eigenvalue weighted by Crippen LogP contribution is -2.43. The summed E-state index contributed by atoms with van der Waals surface area (Å²) in [6.45, 7) is 8.33. The van der Waals surface area contributed by atoms with Crippen molar-refractivity contribution in [1.29, 1.82) is 0 Å². The summed E-state index contributed by atoms with van der Waals surface area (Å²) in [5.41, 5.74) is 2.88. The maximum absolute atomic E-state index is 11.4. The summed E-state index contributed by atoms with van der Waals surface area (Å²) in [5.74, 6) is 0.932. The number of amidine groups is 1. The number of ether oxygens (including phenoxy) is 1. The monoisotopic (exact) mass is 391 g/mol. The fraction of sp³-hybridized carbons (Fsp3) is 0.650. The van der Waals surface area contributed by atoms with E-state index in [0.717, 1.165) is 53.4 Å². The van der Waals surface area contributed by atoms with Crippen molar-refractivity contribution < 1.29 is 9.66 Å². The number of hydrogen-bond donors (Lipinski definition) is 0. The van der Waals surface area contributed by atoms with Gasteiger partial charge in [0.1, 0.15) is 0 Å². The number of aliphatic imine (C=N–C) groups is 1. The van der Waals surface area contributed by atoms with Gasteiger partial charge < -0.3 is 9.64 Å². The molecule has 7 heteroatoms. The number of thioether (sulfide) groups is 1. The lowest BCUT2D eigenvalue weighted by atomic mass is 9.89. The van der Waals surface area contributed by atoms with Crippen LogP contribution in [0.5, 0.6) is 0 Å². The van der Waals surface area contributed by atoms with Crippen LogP contribution in [-0.4, -0.2) is 45.5 Å². The molecule has 1 aliphatic heterocycles. The lowest BCUT2D eigenvalue weighted by molar-refractivity contribution is -0.385. The van der Waals surface area contributed by atoms with Gasteiger partial charge in [0.05, 0.1) is 28.4 Å². The molecule has 1 aromatic rings. The number of nitrogens with zero attached hydrogens (tertiary/aromatic N) is 3. The molecule has 1 heterocycles. The van der Waals surface area contributed by atoms with Crippen LogP contribution < -0.4 is 0 Å². The third-order valence-electron chi connectivity index (χ3n) is 5.16. The topological polar surface area (TPSA) is 68.0 Å². The maximum atomic E-state index is 11.4. The van der Waals surface area contributed by atoms with Crippen LogP contribution in [0, 0.1) is 10.1 Å². The average Bonchev–Trinajstić information content (AvgIpc) is 2.94. The summed E-state index contributed by atoms with van der Waals surface area (Å²) < 4.78 is 6.14. The summed E-state index contributed by atoms with van der Waals surface area (Å²) in [4.78, 5) is 18.2. The molecular formula is C20H29N3O3S.